The Morgan fingerprint density at radius 2 is 0.767 bits per heavy atom. The lowest BCUT2D eigenvalue weighted by atomic mass is 10.1. The van der Waals surface area contributed by atoms with Gasteiger partial charge in [0.15, 0.2) is 0 Å². The van der Waals surface area contributed by atoms with Gasteiger partial charge in [-0.1, -0.05) is 141 Å². The van der Waals surface area contributed by atoms with Crippen molar-refractivity contribution in [3.05, 3.63) is 24.3 Å². The van der Waals surface area contributed by atoms with Crippen LogP contribution in [0.15, 0.2) is 24.3 Å². The van der Waals surface area contributed by atoms with E-state index in [-0.39, 0.29) is 17.9 Å². The third kappa shape index (κ3) is 27.8. The Morgan fingerprint density at radius 1 is 0.488 bits per heavy atom. The number of nitrogens with two attached hydrogens (primary N) is 1. The third-order valence-corrected chi connectivity index (χ3v) is 8.62. The van der Waals surface area contributed by atoms with E-state index in [2.05, 4.69) is 38.2 Å². The van der Waals surface area contributed by atoms with E-state index >= 15 is 0 Å². The predicted octanol–water partition coefficient (Wildman–Crippen LogP) is 11.8. The van der Waals surface area contributed by atoms with Crippen LogP contribution in [0.4, 0.5) is 0 Å². The summed E-state index contributed by atoms with van der Waals surface area (Å²) in [6.07, 6.45) is 42.5. The van der Waals surface area contributed by atoms with Crippen molar-refractivity contribution < 1.29 is 9.59 Å². The van der Waals surface area contributed by atoms with Gasteiger partial charge < -0.3 is 5.73 Å². The van der Waals surface area contributed by atoms with Crippen molar-refractivity contribution in [1.82, 2.24) is 4.90 Å². The molecule has 0 heterocycles. The number of unbranched alkanes of at least 4 members (excludes halogenated alkanes) is 22. The fourth-order valence-corrected chi connectivity index (χ4v) is 5.67. The van der Waals surface area contributed by atoms with Crippen molar-refractivity contribution in [3.63, 3.8) is 0 Å². The maximum absolute atomic E-state index is 12.9. The molecule has 0 aliphatic carbocycles. The van der Waals surface area contributed by atoms with Crippen molar-refractivity contribution in [2.45, 2.75) is 207 Å². The zero-order chi connectivity index (χ0) is 31.6. The van der Waals surface area contributed by atoms with Crippen LogP contribution in [0.5, 0.6) is 0 Å². The van der Waals surface area contributed by atoms with Crippen LogP contribution in [-0.2, 0) is 9.59 Å². The molecule has 0 aliphatic heterocycles. The molecule has 2 amide bonds. The molecular weight excluding hydrogens is 528 g/mol. The Morgan fingerprint density at radius 3 is 1.07 bits per heavy atom. The molecule has 0 aromatic heterocycles. The molecule has 0 radical (unpaired) electrons. The number of imide groups is 1. The molecule has 0 bridgehead atoms. The molecule has 0 spiro atoms. The molecule has 0 aliphatic rings. The van der Waals surface area contributed by atoms with E-state index in [1.165, 1.54) is 133 Å². The van der Waals surface area contributed by atoms with Gasteiger partial charge in [-0.25, -0.2) is 0 Å². The summed E-state index contributed by atoms with van der Waals surface area (Å²) in [6, 6.07) is -0.216. The first-order valence-electron chi connectivity index (χ1n) is 18.9. The highest BCUT2D eigenvalue weighted by Crippen LogP contribution is 2.15. The summed E-state index contributed by atoms with van der Waals surface area (Å²) in [5.41, 5.74) is 5.86. The Labute approximate surface area is 269 Å². The summed E-state index contributed by atoms with van der Waals surface area (Å²) >= 11 is 0. The molecule has 252 valence electrons. The number of carbonyl (C=O) groups is 2. The molecular formula is C39H74N2O2. The number of amides is 2. The SMILES string of the molecule is CCCCCCCC/C=C\CCCCCCCC(=O)N(C(=O)CCCCCCC/C=C\CCCCCCCC)C(C)CN. The van der Waals surface area contributed by atoms with Crippen molar-refractivity contribution in [2.75, 3.05) is 6.54 Å². The number of allylic oxidation sites excluding steroid dienone is 4. The third-order valence-electron chi connectivity index (χ3n) is 8.62. The minimum atomic E-state index is -0.216. The van der Waals surface area contributed by atoms with Gasteiger partial charge in [0.25, 0.3) is 0 Å². The number of hydrogen-bond donors (Lipinski definition) is 1. The predicted molar refractivity (Wildman–Crippen MR) is 189 cm³/mol. The normalized spacial score (nSPS) is 12.5. The standard InChI is InChI=1S/C39H74N2O2/c1-4-6-8-10-12-14-16-18-20-22-24-26-28-30-32-34-38(42)41(37(3)36-40)39(43)35-33-31-29-27-25-23-21-19-17-15-13-11-9-7-5-2/h18-21,37H,4-17,22-36,40H2,1-3H3/b20-18-,21-19-. The largest absolute Gasteiger partial charge is 0.328 e. The van der Waals surface area contributed by atoms with Crippen molar-refractivity contribution >= 4 is 11.8 Å². The molecule has 2 N–H and O–H groups in total. The summed E-state index contributed by atoms with van der Waals surface area (Å²) in [5, 5.41) is 0. The Kier molecular flexibility index (Phi) is 32.4. The zero-order valence-corrected chi connectivity index (χ0v) is 29.2. The number of nitrogens with zero attached hydrogens (tertiary/aromatic N) is 1. The molecule has 1 atom stereocenters. The van der Waals surface area contributed by atoms with E-state index < -0.39 is 0 Å². The Hall–Kier alpha value is -1.42. The summed E-state index contributed by atoms with van der Waals surface area (Å²) in [4.78, 5) is 27.3. The van der Waals surface area contributed by atoms with Crippen LogP contribution in [0.2, 0.25) is 0 Å². The van der Waals surface area contributed by atoms with E-state index in [0.717, 1.165) is 38.5 Å². The summed E-state index contributed by atoms with van der Waals surface area (Å²) in [7, 11) is 0. The van der Waals surface area contributed by atoms with E-state index in [4.69, 9.17) is 5.73 Å². The molecule has 43 heavy (non-hydrogen) atoms. The number of hydrogen-bond acceptors (Lipinski definition) is 3. The van der Waals surface area contributed by atoms with Crippen molar-refractivity contribution in [3.8, 4) is 0 Å². The second-order valence-corrected chi connectivity index (χ2v) is 12.9. The van der Waals surface area contributed by atoms with Gasteiger partial charge in [-0.3, -0.25) is 14.5 Å². The molecule has 0 rings (SSSR count). The second-order valence-electron chi connectivity index (χ2n) is 12.9. The van der Waals surface area contributed by atoms with Crippen molar-refractivity contribution in [2.24, 2.45) is 5.73 Å². The number of rotatable bonds is 32. The lowest BCUT2D eigenvalue weighted by molar-refractivity contribution is -0.147. The van der Waals surface area contributed by atoms with Gasteiger partial charge in [0.05, 0.1) is 0 Å². The van der Waals surface area contributed by atoms with Gasteiger partial charge in [0, 0.05) is 25.4 Å². The highest BCUT2D eigenvalue weighted by atomic mass is 16.2. The Balaban J connectivity index is 3.87. The quantitative estimate of drug-likeness (QED) is 0.0615. The molecule has 0 saturated heterocycles. The van der Waals surface area contributed by atoms with Gasteiger partial charge in [-0.15, -0.1) is 0 Å². The van der Waals surface area contributed by atoms with Crippen LogP contribution >= 0.6 is 0 Å². The van der Waals surface area contributed by atoms with Gasteiger partial charge in [-0.05, 0) is 71.1 Å². The van der Waals surface area contributed by atoms with E-state index in [9.17, 15) is 9.59 Å². The fraction of sp³-hybridized carbons (Fsp3) is 0.846. The average Bonchev–Trinajstić information content (AvgIpc) is 3.01. The maximum Gasteiger partial charge on any atom is 0.229 e. The van der Waals surface area contributed by atoms with Crippen LogP contribution in [-0.4, -0.2) is 29.3 Å². The Bertz CT molecular complexity index is 620. The average molecular weight is 603 g/mol. The monoisotopic (exact) mass is 603 g/mol. The maximum atomic E-state index is 12.9. The first kappa shape index (κ1) is 41.6. The number of carbonyl (C=O) groups excluding carboxylic acids is 2. The van der Waals surface area contributed by atoms with E-state index in [0.29, 0.717) is 19.4 Å². The molecule has 0 saturated carbocycles. The van der Waals surface area contributed by atoms with Crippen LogP contribution < -0.4 is 5.73 Å². The highest BCUT2D eigenvalue weighted by molar-refractivity contribution is 5.95. The first-order valence-corrected chi connectivity index (χ1v) is 18.9. The fourth-order valence-electron chi connectivity index (χ4n) is 5.67. The minimum Gasteiger partial charge on any atom is -0.328 e. The van der Waals surface area contributed by atoms with Crippen molar-refractivity contribution in [1.29, 1.82) is 0 Å². The minimum absolute atomic E-state index is 0.0340. The lowest BCUT2D eigenvalue weighted by Crippen LogP contribution is -2.46. The molecule has 4 heteroatoms. The smallest absolute Gasteiger partial charge is 0.229 e. The van der Waals surface area contributed by atoms with Gasteiger partial charge in [0.1, 0.15) is 0 Å². The van der Waals surface area contributed by atoms with Gasteiger partial charge in [0.2, 0.25) is 11.8 Å². The first-order chi connectivity index (χ1) is 21.1. The second kappa shape index (κ2) is 33.5. The molecule has 1 unspecified atom stereocenters. The molecule has 0 aromatic rings. The van der Waals surface area contributed by atoms with Gasteiger partial charge >= 0.3 is 0 Å². The topological polar surface area (TPSA) is 63.4 Å². The zero-order valence-electron chi connectivity index (χ0n) is 29.2. The van der Waals surface area contributed by atoms with Crippen LogP contribution in [0.1, 0.15) is 201 Å². The van der Waals surface area contributed by atoms with Crippen LogP contribution in [0.3, 0.4) is 0 Å². The lowest BCUT2D eigenvalue weighted by Gasteiger charge is -2.26. The molecule has 4 nitrogen and oxygen atoms in total. The van der Waals surface area contributed by atoms with Crippen LogP contribution in [0.25, 0.3) is 0 Å². The van der Waals surface area contributed by atoms with Crippen LogP contribution in [0, 0.1) is 0 Å². The van der Waals surface area contributed by atoms with Gasteiger partial charge in [-0.2, -0.15) is 0 Å². The molecule has 0 fully saturated rings. The summed E-state index contributed by atoms with van der Waals surface area (Å²) < 4.78 is 0. The molecule has 0 aromatic carbocycles. The van der Waals surface area contributed by atoms with E-state index in [1.807, 2.05) is 6.92 Å². The summed E-state index contributed by atoms with van der Waals surface area (Å²) in [6.45, 7) is 6.76. The summed E-state index contributed by atoms with van der Waals surface area (Å²) in [5.74, 6) is -0.0679. The highest BCUT2D eigenvalue weighted by Gasteiger charge is 2.25. The van der Waals surface area contributed by atoms with E-state index in [1.54, 1.807) is 0 Å².